The predicted octanol–water partition coefficient (Wildman–Crippen LogP) is 4.45. The van der Waals surface area contributed by atoms with Crippen molar-refractivity contribution in [2.75, 3.05) is 0 Å². The standard InChI is InChI=1S/C16H17ClFN/c1-9-6-10(2)15(11(3)7-9)16(19)13-5-4-12(18)8-14(13)17/h4-8,16H,19H2,1-3H3. The zero-order chi connectivity index (χ0) is 14.2. The Morgan fingerprint density at radius 3 is 2.16 bits per heavy atom. The van der Waals surface area contributed by atoms with E-state index in [0.29, 0.717) is 5.02 Å². The Morgan fingerprint density at radius 1 is 1.05 bits per heavy atom. The molecule has 3 heteroatoms. The van der Waals surface area contributed by atoms with E-state index in [4.69, 9.17) is 17.3 Å². The minimum absolute atomic E-state index is 0.339. The first-order chi connectivity index (χ1) is 8.90. The molecule has 0 spiro atoms. The van der Waals surface area contributed by atoms with Crippen molar-refractivity contribution in [3.63, 3.8) is 0 Å². The van der Waals surface area contributed by atoms with E-state index in [9.17, 15) is 4.39 Å². The quantitative estimate of drug-likeness (QED) is 0.862. The maximum absolute atomic E-state index is 13.1. The predicted molar refractivity (Wildman–Crippen MR) is 78.1 cm³/mol. The lowest BCUT2D eigenvalue weighted by atomic mass is 9.90. The van der Waals surface area contributed by atoms with Gasteiger partial charge in [-0.3, -0.25) is 0 Å². The van der Waals surface area contributed by atoms with Crippen LogP contribution in [0.2, 0.25) is 5.02 Å². The van der Waals surface area contributed by atoms with Crippen molar-refractivity contribution in [1.29, 1.82) is 0 Å². The summed E-state index contributed by atoms with van der Waals surface area (Å²) >= 11 is 6.09. The summed E-state index contributed by atoms with van der Waals surface area (Å²) in [6, 6.07) is 8.20. The minimum atomic E-state index is -0.349. The van der Waals surface area contributed by atoms with Gasteiger partial charge in [0.05, 0.1) is 6.04 Å². The van der Waals surface area contributed by atoms with Crippen LogP contribution in [0.15, 0.2) is 30.3 Å². The Kier molecular flexibility index (Phi) is 3.93. The monoisotopic (exact) mass is 277 g/mol. The zero-order valence-corrected chi connectivity index (χ0v) is 12.1. The highest BCUT2D eigenvalue weighted by molar-refractivity contribution is 6.31. The van der Waals surface area contributed by atoms with Crippen molar-refractivity contribution in [2.45, 2.75) is 26.8 Å². The van der Waals surface area contributed by atoms with Gasteiger partial charge in [0, 0.05) is 5.02 Å². The van der Waals surface area contributed by atoms with Crippen LogP contribution in [0.1, 0.15) is 33.9 Å². The maximum atomic E-state index is 13.1. The van der Waals surface area contributed by atoms with Crippen LogP contribution in [0, 0.1) is 26.6 Å². The first-order valence-electron chi connectivity index (χ1n) is 6.18. The second kappa shape index (κ2) is 5.32. The van der Waals surface area contributed by atoms with Gasteiger partial charge in [-0.25, -0.2) is 4.39 Å². The summed E-state index contributed by atoms with van der Waals surface area (Å²) in [6.45, 7) is 6.12. The number of aryl methyl sites for hydroxylation is 3. The highest BCUT2D eigenvalue weighted by Gasteiger charge is 2.17. The Balaban J connectivity index is 2.53. The lowest BCUT2D eigenvalue weighted by Crippen LogP contribution is -2.15. The van der Waals surface area contributed by atoms with Gasteiger partial charge >= 0.3 is 0 Å². The molecule has 19 heavy (non-hydrogen) atoms. The molecule has 1 nitrogen and oxygen atoms in total. The van der Waals surface area contributed by atoms with Crippen LogP contribution in [0.5, 0.6) is 0 Å². The van der Waals surface area contributed by atoms with Gasteiger partial charge in [-0.05, 0) is 55.2 Å². The van der Waals surface area contributed by atoms with Crippen molar-refractivity contribution in [3.8, 4) is 0 Å². The third kappa shape index (κ3) is 2.80. The summed E-state index contributed by atoms with van der Waals surface area (Å²) in [5.74, 6) is -0.349. The molecule has 0 aromatic heterocycles. The number of hydrogen-bond acceptors (Lipinski definition) is 1. The molecular weight excluding hydrogens is 261 g/mol. The average molecular weight is 278 g/mol. The molecule has 0 bridgehead atoms. The van der Waals surface area contributed by atoms with Crippen LogP contribution in [0.3, 0.4) is 0 Å². The highest BCUT2D eigenvalue weighted by Crippen LogP contribution is 2.31. The van der Waals surface area contributed by atoms with Crippen LogP contribution in [0.25, 0.3) is 0 Å². The minimum Gasteiger partial charge on any atom is -0.320 e. The van der Waals surface area contributed by atoms with Crippen molar-refractivity contribution < 1.29 is 4.39 Å². The molecule has 0 aliphatic rings. The lowest BCUT2D eigenvalue weighted by Gasteiger charge is -2.20. The van der Waals surface area contributed by atoms with E-state index in [0.717, 1.165) is 22.3 Å². The van der Waals surface area contributed by atoms with Gasteiger partial charge < -0.3 is 5.73 Å². The molecule has 1 unspecified atom stereocenters. The summed E-state index contributed by atoms with van der Waals surface area (Å²) in [5, 5.41) is 0.367. The molecule has 0 radical (unpaired) electrons. The fourth-order valence-electron chi connectivity index (χ4n) is 2.59. The fourth-order valence-corrected chi connectivity index (χ4v) is 2.88. The van der Waals surface area contributed by atoms with Crippen LogP contribution in [-0.4, -0.2) is 0 Å². The average Bonchev–Trinajstić information content (AvgIpc) is 2.26. The van der Waals surface area contributed by atoms with Crippen LogP contribution < -0.4 is 5.73 Å². The molecule has 2 N–H and O–H groups in total. The van der Waals surface area contributed by atoms with Gasteiger partial charge in [-0.2, -0.15) is 0 Å². The molecule has 2 aromatic carbocycles. The number of halogens is 2. The molecule has 0 saturated carbocycles. The highest BCUT2D eigenvalue weighted by atomic mass is 35.5. The van der Waals surface area contributed by atoms with E-state index in [1.54, 1.807) is 6.07 Å². The zero-order valence-electron chi connectivity index (χ0n) is 11.3. The summed E-state index contributed by atoms with van der Waals surface area (Å²) in [5.41, 5.74) is 11.6. The lowest BCUT2D eigenvalue weighted by molar-refractivity contribution is 0.626. The molecular formula is C16H17ClFN. The molecule has 0 heterocycles. The van der Waals surface area contributed by atoms with Gasteiger partial charge in [-0.15, -0.1) is 0 Å². The number of benzene rings is 2. The molecule has 1 atom stereocenters. The van der Waals surface area contributed by atoms with Gasteiger partial charge in [0.15, 0.2) is 0 Å². The van der Waals surface area contributed by atoms with Crippen LogP contribution >= 0.6 is 11.6 Å². The molecule has 0 saturated heterocycles. The van der Waals surface area contributed by atoms with E-state index in [2.05, 4.69) is 19.1 Å². The molecule has 2 rings (SSSR count). The summed E-state index contributed by atoms with van der Waals surface area (Å²) in [6.07, 6.45) is 0. The van der Waals surface area contributed by atoms with E-state index in [1.165, 1.54) is 17.7 Å². The first kappa shape index (κ1) is 14.0. The third-order valence-electron chi connectivity index (χ3n) is 3.35. The topological polar surface area (TPSA) is 26.0 Å². The van der Waals surface area contributed by atoms with Crippen molar-refractivity contribution >= 4 is 11.6 Å². The van der Waals surface area contributed by atoms with Gasteiger partial charge in [0.1, 0.15) is 5.82 Å². The van der Waals surface area contributed by atoms with Crippen molar-refractivity contribution in [3.05, 3.63) is 69.0 Å². The molecule has 0 aliphatic carbocycles. The Morgan fingerprint density at radius 2 is 1.63 bits per heavy atom. The Labute approximate surface area is 118 Å². The fraction of sp³-hybridized carbons (Fsp3) is 0.250. The van der Waals surface area contributed by atoms with Gasteiger partial charge in [0.2, 0.25) is 0 Å². The Hall–Kier alpha value is -1.38. The van der Waals surface area contributed by atoms with Gasteiger partial charge in [-0.1, -0.05) is 35.4 Å². The largest absolute Gasteiger partial charge is 0.320 e. The molecule has 2 aromatic rings. The molecule has 0 fully saturated rings. The van der Waals surface area contributed by atoms with E-state index < -0.39 is 0 Å². The van der Waals surface area contributed by atoms with E-state index in [1.807, 2.05) is 13.8 Å². The van der Waals surface area contributed by atoms with E-state index in [-0.39, 0.29) is 11.9 Å². The molecule has 100 valence electrons. The summed E-state index contributed by atoms with van der Waals surface area (Å²) < 4.78 is 13.1. The van der Waals surface area contributed by atoms with Crippen molar-refractivity contribution in [2.24, 2.45) is 5.73 Å². The van der Waals surface area contributed by atoms with E-state index >= 15 is 0 Å². The smallest absolute Gasteiger partial charge is 0.124 e. The molecule has 0 amide bonds. The number of rotatable bonds is 2. The Bertz CT molecular complexity index is 599. The summed E-state index contributed by atoms with van der Waals surface area (Å²) in [4.78, 5) is 0. The second-order valence-electron chi connectivity index (χ2n) is 4.96. The third-order valence-corrected chi connectivity index (χ3v) is 3.67. The van der Waals surface area contributed by atoms with Gasteiger partial charge in [0.25, 0.3) is 0 Å². The number of nitrogens with two attached hydrogens (primary N) is 1. The summed E-state index contributed by atoms with van der Waals surface area (Å²) in [7, 11) is 0. The van der Waals surface area contributed by atoms with Crippen LogP contribution in [-0.2, 0) is 0 Å². The van der Waals surface area contributed by atoms with Crippen LogP contribution in [0.4, 0.5) is 4.39 Å². The second-order valence-corrected chi connectivity index (χ2v) is 5.36. The number of hydrogen-bond donors (Lipinski definition) is 1. The maximum Gasteiger partial charge on any atom is 0.124 e. The molecule has 0 aliphatic heterocycles. The normalized spacial score (nSPS) is 12.5. The first-order valence-corrected chi connectivity index (χ1v) is 6.56. The van der Waals surface area contributed by atoms with Crippen molar-refractivity contribution in [1.82, 2.24) is 0 Å². The SMILES string of the molecule is Cc1cc(C)c(C(N)c2ccc(F)cc2Cl)c(C)c1.